The fourth-order valence-electron chi connectivity index (χ4n) is 0.197. The molecular weight excluding hydrogens is 102 g/mol. The van der Waals surface area contributed by atoms with Gasteiger partial charge in [0.2, 0.25) is 0 Å². The van der Waals surface area contributed by atoms with Crippen molar-refractivity contribution in [3.63, 3.8) is 0 Å². The first kappa shape index (κ1) is 9.73. The van der Waals surface area contributed by atoms with Crippen molar-refractivity contribution in [2.24, 2.45) is 0 Å². The summed E-state index contributed by atoms with van der Waals surface area (Å²) in [4.78, 5) is 9.38. The van der Waals surface area contributed by atoms with E-state index in [1.807, 2.05) is 0 Å². The molecule has 0 saturated heterocycles. The van der Waals surface area contributed by atoms with Crippen molar-refractivity contribution in [2.75, 3.05) is 0 Å². The molecule has 0 aromatic heterocycles. The minimum Gasteiger partial charge on any atom is -0.269 e. The van der Waals surface area contributed by atoms with E-state index in [0.717, 1.165) is 0 Å². The molecule has 0 fully saturated rings. The first-order valence-electron chi connectivity index (χ1n) is 1.95. The van der Waals surface area contributed by atoms with Gasteiger partial charge >= 0.3 is 6.04 Å². The van der Waals surface area contributed by atoms with E-state index in [0.29, 0.717) is 6.42 Å². The van der Waals surface area contributed by atoms with Crippen molar-refractivity contribution in [3.05, 3.63) is 0 Å². The summed E-state index contributed by atoms with van der Waals surface area (Å²) < 4.78 is 11.1. The van der Waals surface area contributed by atoms with Crippen LogP contribution in [0.15, 0.2) is 0 Å². The molecule has 0 rings (SSSR count). The predicted octanol–water partition coefficient (Wildman–Crippen LogP) is 1.44. The van der Waals surface area contributed by atoms with Gasteiger partial charge in [-0.25, -0.2) is 0 Å². The van der Waals surface area contributed by atoms with Crippen LogP contribution in [-0.2, 0) is 4.79 Å². The number of rotatable bonds is 2. The normalized spacial score (nSPS) is 7.14. The van der Waals surface area contributed by atoms with E-state index in [4.69, 9.17) is 0 Å². The molecule has 0 heterocycles. The van der Waals surface area contributed by atoms with Crippen molar-refractivity contribution in [1.29, 1.82) is 0 Å². The number of halogens is 2. The summed E-state index contributed by atoms with van der Waals surface area (Å²) in [5, 5.41) is 0. The molecule has 0 N–H and O–H groups in total. The molecule has 0 aromatic rings. The third-order valence-electron chi connectivity index (χ3n) is 0.447. The Kier molecular flexibility index (Phi) is 7.69. The SMILES string of the molecule is CCCC(=O)F.F. The van der Waals surface area contributed by atoms with Crippen LogP contribution in [0.4, 0.5) is 9.09 Å². The second-order valence-electron chi connectivity index (χ2n) is 1.11. The average Bonchev–Trinajstić information content (AvgIpc) is 1.35. The van der Waals surface area contributed by atoms with E-state index in [-0.39, 0.29) is 11.1 Å². The quantitative estimate of drug-likeness (QED) is 0.491. The molecule has 0 aliphatic rings. The maximum absolute atomic E-state index is 11.1. The third kappa shape index (κ3) is 10.8. The van der Waals surface area contributed by atoms with Crippen molar-refractivity contribution in [2.45, 2.75) is 19.8 Å². The van der Waals surface area contributed by atoms with Crippen LogP contribution in [0.1, 0.15) is 19.8 Å². The summed E-state index contributed by atoms with van der Waals surface area (Å²) in [5.41, 5.74) is 0. The Morgan fingerprint density at radius 3 is 2.14 bits per heavy atom. The monoisotopic (exact) mass is 110 g/mol. The van der Waals surface area contributed by atoms with Gasteiger partial charge in [-0.3, -0.25) is 9.50 Å². The molecule has 0 aliphatic heterocycles. The van der Waals surface area contributed by atoms with E-state index in [9.17, 15) is 9.18 Å². The lowest BCUT2D eigenvalue weighted by atomic mass is 10.4. The van der Waals surface area contributed by atoms with Crippen LogP contribution in [-0.4, -0.2) is 6.04 Å². The molecule has 0 bridgehead atoms. The molecule has 44 valence electrons. The van der Waals surface area contributed by atoms with Gasteiger partial charge < -0.3 is 0 Å². The van der Waals surface area contributed by atoms with Crippen molar-refractivity contribution in [3.8, 4) is 0 Å². The number of hydrogen-bond acceptors (Lipinski definition) is 1. The summed E-state index contributed by atoms with van der Waals surface area (Å²) in [6.07, 6.45) is 0.676. The molecule has 0 spiro atoms. The molecule has 1 nitrogen and oxygen atoms in total. The molecule has 3 heteroatoms. The minimum atomic E-state index is -1.21. The lowest BCUT2D eigenvalue weighted by molar-refractivity contribution is -0.129. The minimum absolute atomic E-state index is 0. The fourth-order valence-corrected chi connectivity index (χ4v) is 0.197. The zero-order valence-corrected chi connectivity index (χ0v) is 4.11. The van der Waals surface area contributed by atoms with Gasteiger partial charge in [0.15, 0.2) is 0 Å². The second kappa shape index (κ2) is 5.53. The Labute approximate surface area is 40.9 Å². The van der Waals surface area contributed by atoms with Gasteiger partial charge in [0.1, 0.15) is 0 Å². The van der Waals surface area contributed by atoms with E-state index >= 15 is 0 Å². The van der Waals surface area contributed by atoms with E-state index in [1.165, 1.54) is 0 Å². The maximum atomic E-state index is 11.1. The molecule has 0 atom stereocenters. The van der Waals surface area contributed by atoms with Crippen LogP contribution in [0.2, 0.25) is 0 Å². The molecule has 0 aliphatic carbocycles. The Balaban J connectivity index is 0. The van der Waals surface area contributed by atoms with Crippen LogP contribution in [0.25, 0.3) is 0 Å². The Morgan fingerprint density at radius 2 is 2.14 bits per heavy atom. The van der Waals surface area contributed by atoms with Gasteiger partial charge in [0.05, 0.1) is 0 Å². The summed E-state index contributed by atoms with van der Waals surface area (Å²) in [5.74, 6) is 0. The van der Waals surface area contributed by atoms with Crippen LogP contribution in [0.5, 0.6) is 0 Å². The van der Waals surface area contributed by atoms with Crippen LogP contribution < -0.4 is 0 Å². The van der Waals surface area contributed by atoms with E-state index in [1.54, 1.807) is 6.92 Å². The molecule has 0 amide bonds. The number of hydrogen-bond donors (Lipinski definition) is 0. The van der Waals surface area contributed by atoms with Crippen molar-refractivity contribution < 1.29 is 13.9 Å². The summed E-state index contributed by atoms with van der Waals surface area (Å²) in [6.45, 7) is 1.76. The fraction of sp³-hybridized carbons (Fsp3) is 0.750. The zero-order valence-electron chi connectivity index (χ0n) is 4.11. The van der Waals surface area contributed by atoms with Crippen LogP contribution in [0, 0.1) is 0 Å². The standard InChI is InChI=1S/C4H7FO.FH/c1-2-3-4(5)6;/h2-3H2,1H3;1H. The van der Waals surface area contributed by atoms with Crippen LogP contribution in [0.3, 0.4) is 0 Å². The van der Waals surface area contributed by atoms with Gasteiger partial charge in [-0.15, -0.1) is 0 Å². The van der Waals surface area contributed by atoms with Crippen LogP contribution >= 0.6 is 0 Å². The summed E-state index contributed by atoms with van der Waals surface area (Å²) in [6, 6.07) is -1.21. The summed E-state index contributed by atoms with van der Waals surface area (Å²) in [7, 11) is 0. The van der Waals surface area contributed by atoms with Gasteiger partial charge in [0.25, 0.3) is 0 Å². The van der Waals surface area contributed by atoms with Crippen molar-refractivity contribution in [1.82, 2.24) is 0 Å². The van der Waals surface area contributed by atoms with Gasteiger partial charge in [0, 0.05) is 6.42 Å². The summed E-state index contributed by atoms with van der Waals surface area (Å²) >= 11 is 0. The first-order valence-corrected chi connectivity index (χ1v) is 1.95. The maximum Gasteiger partial charge on any atom is 0.301 e. The molecule has 0 saturated carbocycles. The topological polar surface area (TPSA) is 17.1 Å². The molecule has 0 unspecified atom stereocenters. The molecule has 0 radical (unpaired) electrons. The lowest BCUT2D eigenvalue weighted by Crippen LogP contribution is -1.81. The second-order valence-corrected chi connectivity index (χ2v) is 1.11. The van der Waals surface area contributed by atoms with Gasteiger partial charge in [-0.1, -0.05) is 6.92 Å². The molecular formula is C4H8F2O. The average molecular weight is 110 g/mol. The Bertz CT molecular complexity index is 53.7. The Hall–Kier alpha value is -0.470. The molecule has 7 heavy (non-hydrogen) atoms. The largest absolute Gasteiger partial charge is 0.301 e. The third-order valence-corrected chi connectivity index (χ3v) is 0.447. The van der Waals surface area contributed by atoms with E-state index < -0.39 is 6.04 Å². The predicted molar refractivity (Wildman–Crippen MR) is 23.5 cm³/mol. The van der Waals surface area contributed by atoms with E-state index in [2.05, 4.69) is 0 Å². The number of carbonyl (C=O) groups is 1. The molecule has 0 aromatic carbocycles. The first-order chi connectivity index (χ1) is 2.77. The highest BCUT2D eigenvalue weighted by atomic mass is 19.1. The van der Waals surface area contributed by atoms with Gasteiger partial charge in [-0.05, 0) is 6.42 Å². The Morgan fingerprint density at radius 1 is 1.71 bits per heavy atom. The highest BCUT2D eigenvalue weighted by Gasteiger charge is 1.89. The number of carbonyl (C=O) groups excluding carboxylic acids is 1. The lowest BCUT2D eigenvalue weighted by Gasteiger charge is -1.76. The smallest absolute Gasteiger partial charge is 0.269 e. The van der Waals surface area contributed by atoms with Crippen molar-refractivity contribution >= 4 is 6.04 Å². The highest BCUT2D eigenvalue weighted by Crippen LogP contribution is 1.86. The highest BCUT2D eigenvalue weighted by molar-refractivity contribution is 5.67. The zero-order chi connectivity index (χ0) is 4.99. The van der Waals surface area contributed by atoms with Gasteiger partial charge in [-0.2, -0.15) is 4.39 Å².